The Balaban J connectivity index is 1.30. The second kappa shape index (κ2) is 11.1. The summed E-state index contributed by atoms with van der Waals surface area (Å²) in [5.74, 6) is -1.92. The maximum atomic E-state index is 15.3. The molecule has 2 aromatic carbocycles. The molecule has 0 saturated carbocycles. The van der Waals surface area contributed by atoms with Gasteiger partial charge in [0.1, 0.15) is 16.9 Å². The second-order valence-electron chi connectivity index (χ2n) is 9.76. The van der Waals surface area contributed by atoms with Crippen molar-refractivity contribution in [2.45, 2.75) is 19.9 Å². The van der Waals surface area contributed by atoms with Crippen molar-refractivity contribution in [3.8, 4) is 27.6 Å². The Morgan fingerprint density at radius 3 is 2.49 bits per heavy atom. The predicted molar refractivity (Wildman–Crippen MR) is 157 cm³/mol. The molecule has 216 valence electrons. The Morgan fingerprint density at radius 1 is 1.00 bits per heavy atom. The van der Waals surface area contributed by atoms with Gasteiger partial charge in [-0.1, -0.05) is 0 Å². The molecule has 0 aliphatic carbocycles. The van der Waals surface area contributed by atoms with Crippen LogP contribution in [-0.4, -0.2) is 29.6 Å². The monoisotopic (exact) mass is 600 g/mol. The van der Waals surface area contributed by atoms with Gasteiger partial charge < -0.3 is 10.1 Å². The van der Waals surface area contributed by atoms with E-state index >= 15 is 4.39 Å². The molecule has 0 fully saturated rings. The lowest BCUT2D eigenvalue weighted by Crippen LogP contribution is -2.42. The molecule has 43 heavy (non-hydrogen) atoms. The van der Waals surface area contributed by atoms with Gasteiger partial charge in [0.25, 0.3) is 11.5 Å². The molecule has 1 amide bonds. The molecular weight excluding hydrogens is 578 g/mol. The first kappa shape index (κ1) is 27.7. The molecule has 0 bridgehead atoms. The fourth-order valence-corrected chi connectivity index (χ4v) is 5.07. The van der Waals surface area contributed by atoms with Crippen molar-refractivity contribution in [3.63, 3.8) is 0 Å². The summed E-state index contributed by atoms with van der Waals surface area (Å²) < 4.78 is 38.3. The number of benzene rings is 2. The Bertz CT molecular complexity index is 2100. The van der Waals surface area contributed by atoms with Crippen LogP contribution >= 0.6 is 11.3 Å². The third kappa shape index (κ3) is 5.33. The van der Waals surface area contributed by atoms with E-state index in [2.05, 4.69) is 15.4 Å². The van der Waals surface area contributed by atoms with E-state index in [4.69, 9.17) is 4.74 Å². The van der Waals surface area contributed by atoms with Crippen LogP contribution in [0.5, 0.6) is 11.5 Å². The summed E-state index contributed by atoms with van der Waals surface area (Å²) in [6.45, 7) is 3.42. The minimum Gasteiger partial charge on any atom is -0.452 e. The van der Waals surface area contributed by atoms with Crippen LogP contribution in [0, 0.1) is 11.6 Å². The average Bonchev–Trinajstić information content (AvgIpc) is 3.68. The molecule has 0 aliphatic rings. The van der Waals surface area contributed by atoms with Crippen LogP contribution in [-0.2, 0) is 0 Å². The Hall–Kier alpha value is -5.43. The van der Waals surface area contributed by atoms with Crippen LogP contribution in [0.1, 0.15) is 30.2 Å². The van der Waals surface area contributed by atoms with E-state index in [1.807, 2.05) is 6.20 Å². The lowest BCUT2D eigenvalue weighted by molar-refractivity contribution is 0.102. The van der Waals surface area contributed by atoms with E-state index in [0.29, 0.717) is 11.3 Å². The number of nitrogens with zero attached hydrogens (tertiary/aromatic N) is 5. The number of aromatic nitrogens is 5. The summed E-state index contributed by atoms with van der Waals surface area (Å²) in [6, 6.07) is 11.7. The number of amides is 1. The zero-order valence-electron chi connectivity index (χ0n) is 22.7. The van der Waals surface area contributed by atoms with E-state index in [-0.39, 0.29) is 22.7 Å². The van der Waals surface area contributed by atoms with Gasteiger partial charge in [0.15, 0.2) is 17.3 Å². The molecule has 13 heteroatoms. The van der Waals surface area contributed by atoms with E-state index in [1.54, 1.807) is 48.4 Å². The number of hydrogen-bond acceptors (Lipinski definition) is 7. The van der Waals surface area contributed by atoms with Gasteiger partial charge in [0, 0.05) is 41.9 Å². The van der Waals surface area contributed by atoms with Gasteiger partial charge in [0.05, 0.1) is 22.3 Å². The molecule has 0 unspecified atom stereocenters. The number of ether oxygens (including phenoxy) is 1. The summed E-state index contributed by atoms with van der Waals surface area (Å²) in [5.41, 5.74) is 1.29. The number of thiazole rings is 1. The van der Waals surface area contributed by atoms with Crippen LogP contribution in [0.2, 0.25) is 0 Å². The third-order valence-electron chi connectivity index (χ3n) is 6.60. The van der Waals surface area contributed by atoms with Crippen LogP contribution in [0.4, 0.5) is 14.5 Å². The van der Waals surface area contributed by atoms with Crippen LogP contribution in [0.25, 0.3) is 21.6 Å². The van der Waals surface area contributed by atoms with Gasteiger partial charge in [-0.3, -0.25) is 19.1 Å². The number of pyridine rings is 1. The van der Waals surface area contributed by atoms with Crippen molar-refractivity contribution in [2.24, 2.45) is 0 Å². The highest BCUT2D eigenvalue weighted by atomic mass is 32.1. The van der Waals surface area contributed by atoms with Gasteiger partial charge >= 0.3 is 5.69 Å². The Kier molecular flexibility index (Phi) is 7.16. The lowest BCUT2D eigenvalue weighted by Gasteiger charge is -2.16. The van der Waals surface area contributed by atoms with Crippen molar-refractivity contribution in [2.75, 3.05) is 5.32 Å². The molecule has 0 atom stereocenters. The molecule has 0 saturated heterocycles. The minimum atomic E-state index is -0.905. The number of nitrogens with one attached hydrogen (secondary N) is 1. The van der Waals surface area contributed by atoms with Crippen LogP contribution in [0.3, 0.4) is 0 Å². The van der Waals surface area contributed by atoms with Gasteiger partial charge in [-0.25, -0.2) is 22.7 Å². The minimum absolute atomic E-state index is 0.0535. The first-order chi connectivity index (χ1) is 20.7. The number of carbonyl (C=O) groups is 1. The zero-order valence-corrected chi connectivity index (χ0v) is 23.5. The van der Waals surface area contributed by atoms with E-state index in [9.17, 15) is 18.8 Å². The molecular formula is C30H22F2N6O4S. The van der Waals surface area contributed by atoms with Gasteiger partial charge in [-0.2, -0.15) is 5.10 Å². The third-order valence-corrected chi connectivity index (χ3v) is 7.42. The molecule has 6 aromatic rings. The van der Waals surface area contributed by atoms with Crippen molar-refractivity contribution in [1.29, 1.82) is 0 Å². The summed E-state index contributed by atoms with van der Waals surface area (Å²) in [6.07, 6.45) is 6.28. The summed E-state index contributed by atoms with van der Waals surface area (Å²) in [7, 11) is 0. The molecule has 6 rings (SSSR count). The first-order valence-corrected chi connectivity index (χ1v) is 13.9. The number of fused-ring (bicyclic) bond motifs is 1. The van der Waals surface area contributed by atoms with Crippen molar-refractivity contribution in [3.05, 3.63) is 123 Å². The summed E-state index contributed by atoms with van der Waals surface area (Å²) >= 11 is 1.44. The molecule has 1 N–H and O–H groups in total. The molecule has 0 aliphatic heterocycles. The quantitative estimate of drug-likeness (QED) is 0.253. The second-order valence-corrected chi connectivity index (χ2v) is 10.7. The predicted octanol–water partition coefficient (Wildman–Crippen LogP) is 5.67. The molecule has 4 aromatic heterocycles. The molecule has 0 radical (unpaired) electrons. The van der Waals surface area contributed by atoms with E-state index in [1.165, 1.54) is 40.2 Å². The van der Waals surface area contributed by atoms with Crippen LogP contribution < -0.4 is 21.3 Å². The lowest BCUT2D eigenvalue weighted by atomic mass is 10.2. The summed E-state index contributed by atoms with van der Waals surface area (Å²) in [5, 5.41) is 6.78. The Labute approximate surface area is 246 Å². The van der Waals surface area contributed by atoms with Crippen LogP contribution in [0.15, 0.2) is 94.5 Å². The van der Waals surface area contributed by atoms with Gasteiger partial charge in [-0.05, 0) is 62.4 Å². The van der Waals surface area contributed by atoms with Crippen molar-refractivity contribution < 1.29 is 18.3 Å². The zero-order chi connectivity index (χ0) is 30.2. The normalized spacial score (nSPS) is 11.3. The SMILES string of the molecule is CC(C)n1cc(C(=O)Nc2ccc(Oc3cc(-c4cncs4)cn4nccc34)c(F)c2)c(=O)n(-c2ccc(F)cc2)c1=O. The van der Waals surface area contributed by atoms with Crippen molar-refractivity contribution in [1.82, 2.24) is 23.7 Å². The largest absolute Gasteiger partial charge is 0.452 e. The molecule has 10 nitrogen and oxygen atoms in total. The number of anilines is 1. The highest BCUT2D eigenvalue weighted by molar-refractivity contribution is 7.13. The number of rotatable bonds is 7. The highest BCUT2D eigenvalue weighted by Gasteiger charge is 2.21. The number of hydrogen-bond donors (Lipinski definition) is 1. The van der Waals surface area contributed by atoms with E-state index < -0.39 is 34.8 Å². The standard InChI is InChI=1S/C30H22F2N6O4S/c1-17(2)36-15-22(29(40)38(30(36)41)21-6-3-19(31)4-7-21)28(39)35-20-5-8-25(23(32)12-20)42-26-11-18(27-13-33-16-43-27)14-37-24(26)9-10-34-37/h3-17H,1-2H3,(H,35,39). The van der Waals surface area contributed by atoms with Crippen molar-refractivity contribution >= 4 is 28.4 Å². The maximum absolute atomic E-state index is 15.3. The fraction of sp³-hybridized carbons (Fsp3) is 0.100. The fourth-order valence-electron chi connectivity index (χ4n) is 4.47. The molecule has 4 heterocycles. The van der Waals surface area contributed by atoms with Gasteiger partial charge in [-0.15, -0.1) is 11.3 Å². The smallest absolute Gasteiger partial charge is 0.335 e. The van der Waals surface area contributed by atoms with Gasteiger partial charge in [0.2, 0.25) is 0 Å². The maximum Gasteiger partial charge on any atom is 0.335 e. The summed E-state index contributed by atoms with van der Waals surface area (Å²) in [4.78, 5) is 44.6. The topological polar surface area (TPSA) is 113 Å². The number of carbonyl (C=O) groups excluding carboxylic acids is 1. The number of halogens is 2. The Morgan fingerprint density at radius 2 is 1.79 bits per heavy atom. The van der Waals surface area contributed by atoms with E-state index in [0.717, 1.165) is 39.4 Å². The molecule has 0 spiro atoms. The highest BCUT2D eigenvalue weighted by Crippen LogP contribution is 2.34. The first-order valence-electron chi connectivity index (χ1n) is 13.0. The average molecular weight is 601 g/mol.